The van der Waals surface area contributed by atoms with E-state index < -0.39 is 0 Å². The minimum atomic E-state index is -0.259. The Morgan fingerprint density at radius 1 is 1.47 bits per heavy atom. The maximum Gasteiger partial charge on any atom is 0.145 e. The molecule has 2 aliphatic rings. The van der Waals surface area contributed by atoms with Crippen molar-refractivity contribution in [3.05, 3.63) is 11.6 Å². The first-order chi connectivity index (χ1) is 7.99. The maximum atomic E-state index is 11.0. The molecule has 0 aliphatic heterocycles. The lowest BCUT2D eigenvalue weighted by Gasteiger charge is -2.36. The molecule has 0 aromatic heterocycles. The minimum Gasteiger partial charge on any atom is -0.393 e. The summed E-state index contributed by atoms with van der Waals surface area (Å²) < 4.78 is 0. The Morgan fingerprint density at radius 3 is 2.76 bits per heavy atom. The van der Waals surface area contributed by atoms with E-state index in [9.17, 15) is 9.90 Å². The summed E-state index contributed by atoms with van der Waals surface area (Å²) in [6, 6.07) is 0. The molecule has 2 aliphatic carbocycles. The van der Waals surface area contributed by atoms with Gasteiger partial charge in [0.05, 0.1) is 6.10 Å². The number of hydrogen-bond donors (Lipinski definition) is 1. The second-order valence-electron chi connectivity index (χ2n) is 6.39. The van der Waals surface area contributed by atoms with Gasteiger partial charge < -0.3 is 5.11 Å². The first-order valence-electron chi connectivity index (χ1n) is 6.83. The van der Waals surface area contributed by atoms with E-state index in [1.54, 1.807) is 0 Å². The van der Waals surface area contributed by atoms with Gasteiger partial charge in [-0.3, -0.25) is 4.79 Å². The van der Waals surface area contributed by atoms with E-state index in [1.165, 1.54) is 6.42 Å². The summed E-state index contributed by atoms with van der Waals surface area (Å²) in [5.41, 5.74) is 0.880. The number of hydrogen-bond acceptors (Lipinski definition) is 2. The molecule has 0 aromatic carbocycles. The van der Waals surface area contributed by atoms with Gasteiger partial charge in [0.25, 0.3) is 0 Å². The number of fused-ring (bicyclic) bond motifs is 1. The lowest BCUT2D eigenvalue weighted by atomic mass is 9.71. The zero-order chi connectivity index (χ0) is 12.6. The monoisotopic (exact) mass is 236 g/mol. The van der Waals surface area contributed by atoms with Crippen LogP contribution < -0.4 is 0 Å². The van der Waals surface area contributed by atoms with Crippen molar-refractivity contribution >= 4 is 6.29 Å². The van der Waals surface area contributed by atoms with E-state index in [1.807, 2.05) is 0 Å². The molecule has 0 aromatic rings. The first kappa shape index (κ1) is 12.8. The van der Waals surface area contributed by atoms with E-state index >= 15 is 0 Å². The highest BCUT2D eigenvalue weighted by molar-refractivity contribution is 5.73. The SMILES string of the molecule is CC(C)[C@H]1CC[C@@]2(C)[C@@H]1C=C(C=O)CC[C@@H]2O. The summed E-state index contributed by atoms with van der Waals surface area (Å²) in [6.07, 6.45) is 6.63. The Balaban J connectivity index is 2.36. The third-order valence-electron chi connectivity index (χ3n) is 5.11. The smallest absolute Gasteiger partial charge is 0.145 e. The molecule has 0 radical (unpaired) electrons. The molecule has 2 nitrogen and oxygen atoms in total. The average molecular weight is 236 g/mol. The second-order valence-corrected chi connectivity index (χ2v) is 6.39. The van der Waals surface area contributed by atoms with Crippen LogP contribution in [-0.4, -0.2) is 17.5 Å². The molecule has 0 spiro atoms. The van der Waals surface area contributed by atoms with Crippen LogP contribution in [0.5, 0.6) is 0 Å². The fraction of sp³-hybridized carbons (Fsp3) is 0.800. The number of aliphatic hydroxyl groups excluding tert-OH is 1. The normalized spacial score (nSPS) is 41.9. The fourth-order valence-corrected chi connectivity index (χ4v) is 3.81. The maximum absolute atomic E-state index is 11.0. The van der Waals surface area contributed by atoms with Gasteiger partial charge in [-0.2, -0.15) is 0 Å². The summed E-state index contributed by atoms with van der Waals surface area (Å²) in [7, 11) is 0. The molecule has 96 valence electrons. The third kappa shape index (κ3) is 2.08. The molecule has 1 saturated carbocycles. The Morgan fingerprint density at radius 2 is 2.18 bits per heavy atom. The summed E-state index contributed by atoms with van der Waals surface area (Å²) in [6.45, 7) is 6.71. The third-order valence-corrected chi connectivity index (χ3v) is 5.11. The number of allylic oxidation sites excluding steroid dienone is 2. The predicted octanol–water partition coefficient (Wildman–Crippen LogP) is 2.95. The van der Waals surface area contributed by atoms with E-state index in [2.05, 4.69) is 26.8 Å². The molecule has 2 rings (SSSR count). The topological polar surface area (TPSA) is 37.3 Å². The molecule has 17 heavy (non-hydrogen) atoms. The Hall–Kier alpha value is -0.630. The predicted molar refractivity (Wildman–Crippen MR) is 68.5 cm³/mol. The van der Waals surface area contributed by atoms with Gasteiger partial charge in [0.2, 0.25) is 0 Å². The molecule has 0 heterocycles. The number of aldehydes is 1. The Kier molecular flexibility index (Phi) is 3.44. The number of rotatable bonds is 2. The van der Waals surface area contributed by atoms with Crippen molar-refractivity contribution in [1.82, 2.24) is 0 Å². The van der Waals surface area contributed by atoms with Gasteiger partial charge in [0.15, 0.2) is 0 Å². The van der Waals surface area contributed by atoms with Crippen LogP contribution in [-0.2, 0) is 4.79 Å². The zero-order valence-electron chi connectivity index (χ0n) is 11.1. The van der Waals surface area contributed by atoms with Crippen molar-refractivity contribution in [2.24, 2.45) is 23.2 Å². The Labute approximate surface area is 104 Å². The van der Waals surface area contributed by atoms with Crippen LogP contribution >= 0.6 is 0 Å². The van der Waals surface area contributed by atoms with Gasteiger partial charge in [0.1, 0.15) is 6.29 Å². The van der Waals surface area contributed by atoms with Gasteiger partial charge in [-0.1, -0.05) is 26.8 Å². The molecule has 0 amide bonds. The molecule has 1 N–H and O–H groups in total. The lowest BCUT2D eigenvalue weighted by Crippen LogP contribution is -2.36. The first-order valence-corrected chi connectivity index (χ1v) is 6.83. The van der Waals surface area contributed by atoms with Crippen molar-refractivity contribution in [3.63, 3.8) is 0 Å². The lowest BCUT2D eigenvalue weighted by molar-refractivity contribution is -0.105. The van der Waals surface area contributed by atoms with E-state index in [0.29, 0.717) is 17.8 Å². The summed E-state index contributed by atoms with van der Waals surface area (Å²) >= 11 is 0. The number of aliphatic hydroxyl groups is 1. The van der Waals surface area contributed by atoms with Crippen molar-refractivity contribution in [1.29, 1.82) is 0 Å². The largest absolute Gasteiger partial charge is 0.393 e. The highest BCUT2D eigenvalue weighted by Crippen LogP contribution is 2.54. The van der Waals surface area contributed by atoms with Crippen molar-refractivity contribution < 1.29 is 9.90 Å². The number of carbonyl (C=O) groups excluding carboxylic acids is 1. The average Bonchev–Trinajstić information content (AvgIpc) is 2.57. The molecule has 0 saturated heterocycles. The summed E-state index contributed by atoms with van der Waals surface area (Å²) in [5.74, 6) is 1.61. The molecule has 0 unspecified atom stereocenters. The standard InChI is InChI=1S/C15H24O2/c1-10(2)12-6-7-15(3)13(12)8-11(9-16)4-5-14(15)17/h8-10,12-14,17H,4-7H2,1-3H3/t12-,13-,14+,15+/m1/s1. The van der Waals surface area contributed by atoms with Crippen molar-refractivity contribution in [3.8, 4) is 0 Å². The van der Waals surface area contributed by atoms with Gasteiger partial charge in [-0.25, -0.2) is 0 Å². The van der Waals surface area contributed by atoms with E-state index in [4.69, 9.17) is 0 Å². The number of carbonyl (C=O) groups is 1. The summed E-state index contributed by atoms with van der Waals surface area (Å²) in [4.78, 5) is 11.0. The zero-order valence-corrected chi connectivity index (χ0v) is 11.1. The van der Waals surface area contributed by atoms with Crippen LogP contribution in [0.4, 0.5) is 0 Å². The van der Waals surface area contributed by atoms with Gasteiger partial charge >= 0.3 is 0 Å². The van der Waals surface area contributed by atoms with Crippen molar-refractivity contribution in [2.75, 3.05) is 0 Å². The second kappa shape index (κ2) is 4.56. The molecular formula is C15H24O2. The van der Waals surface area contributed by atoms with Crippen LogP contribution in [0.15, 0.2) is 11.6 Å². The minimum absolute atomic E-state index is 0.0142. The van der Waals surface area contributed by atoms with Gasteiger partial charge in [0, 0.05) is 5.41 Å². The van der Waals surface area contributed by atoms with Crippen LogP contribution in [0.3, 0.4) is 0 Å². The quantitative estimate of drug-likeness (QED) is 0.748. The van der Waals surface area contributed by atoms with E-state index in [-0.39, 0.29) is 11.5 Å². The highest BCUT2D eigenvalue weighted by Gasteiger charge is 2.49. The van der Waals surface area contributed by atoms with Gasteiger partial charge in [-0.15, -0.1) is 0 Å². The highest BCUT2D eigenvalue weighted by atomic mass is 16.3. The van der Waals surface area contributed by atoms with Gasteiger partial charge in [-0.05, 0) is 49.0 Å². The molecule has 1 fully saturated rings. The van der Waals surface area contributed by atoms with E-state index in [0.717, 1.165) is 31.1 Å². The van der Waals surface area contributed by atoms with Crippen molar-refractivity contribution in [2.45, 2.75) is 52.6 Å². The van der Waals surface area contributed by atoms with Crippen LogP contribution in [0.1, 0.15) is 46.5 Å². The fourth-order valence-electron chi connectivity index (χ4n) is 3.81. The molecule has 0 bridgehead atoms. The summed E-state index contributed by atoms with van der Waals surface area (Å²) in [5, 5.41) is 10.4. The van der Waals surface area contributed by atoms with Crippen LogP contribution in [0.2, 0.25) is 0 Å². The Bertz CT molecular complexity index is 332. The molecule has 4 atom stereocenters. The molecular weight excluding hydrogens is 212 g/mol. The van der Waals surface area contributed by atoms with Crippen LogP contribution in [0, 0.1) is 23.2 Å². The molecule has 2 heteroatoms. The van der Waals surface area contributed by atoms with Crippen LogP contribution in [0.25, 0.3) is 0 Å².